The van der Waals surface area contributed by atoms with Crippen molar-refractivity contribution < 1.29 is 9.53 Å². The van der Waals surface area contributed by atoms with Gasteiger partial charge in [0.2, 0.25) is 0 Å². The zero-order valence-corrected chi connectivity index (χ0v) is 12.8. The highest BCUT2D eigenvalue weighted by atomic mass is 16.5. The molecule has 2 heterocycles. The molecular formula is C16H25N3O2. The number of nitrogens with one attached hydrogen (secondary N) is 1. The predicted molar refractivity (Wildman–Crippen MR) is 80.2 cm³/mol. The van der Waals surface area contributed by atoms with Crippen LogP contribution in [0.3, 0.4) is 0 Å². The second-order valence-electron chi connectivity index (χ2n) is 6.37. The molecule has 1 unspecified atom stereocenters. The van der Waals surface area contributed by atoms with Crippen LogP contribution in [-0.2, 0) is 11.3 Å². The van der Waals surface area contributed by atoms with Crippen LogP contribution in [0.5, 0.6) is 0 Å². The molecule has 0 radical (unpaired) electrons. The molecule has 1 aromatic rings. The van der Waals surface area contributed by atoms with Gasteiger partial charge in [-0.25, -0.2) is 0 Å². The average molecular weight is 291 g/mol. The van der Waals surface area contributed by atoms with E-state index in [0.717, 1.165) is 32.2 Å². The largest absolute Gasteiger partial charge is 0.373 e. The summed E-state index contributed by atoms with van der Waals surface area (Å²) in [5, 5.41) is 7.34. The standard InChI is InChI=1S/C16H25N3O2/c1-2-10-19-14(6-9-17-19)15(20)18-13-11-16(21-12-13)7-4-3-5-8-16/h6,9,13H,2-5,7-8,10-12H2,1H3,(H,18,20). The van der Waals surface area contributed by atoms with E-state index < -0.39 is 0 Å². The summed E-state index contributed by atoms with van der Waals surface area (Å²) in [4.78, 5) is 12.4. The summed E-state index contributed by atoms with van der Waals surface area (Å²) in [7, 11) is 0. The second kappa shape index (κ2) is 6.18. The summed E-state index contributed by atoms with van der Waals surface area (Å²) in [6.07, 6.45) is 9.74. The lowest BCUT2D eigenvalue weighted by Gasteiger charge is -2.32. The van der Waals surface area contributed by atoms with Crippen LogP contribution in [0.4, 0.5) is 0 Å². The van der Waals surface area contributed by atoms with E-state index in [2.05, 4.69) is 17.3 Å². The van der Waals surface area contributed by atoms with E-state index in [1.807, 2.05) is 0 Å². The summed E-state index contributed by atoms with van der Waals surface area (Å²) < 4.78 is 7.83. The molecule has 0 aromatic carbocycles. The first-order valence-electron chi connectivity index (χ1n) is 8.19. The first-order chi connectivity index (χ1) is 10.2. The highest BCUT2D eigenvalue weighted by molar-refractivity contribution is 5.92. The summed E-state index contributed by atoms with van der Waals surface area (Å²) in [5.74, 6) is -0.0255. The summed E-state index contributed by atoms with van der Waals surface area (Å²) in [6.45, 7) is 3.51. The van der Waals surface area contributed by atoms with Gasteiger partial charge < -0.3 is 10.1 Å². The number of aryl methyl sites for hydroxylation is 1. The minimum atomic E-state index is -0.0255. The number of amides is 1. The Hall–Kier alpha value is -1.36. The molecule has 1 amide bonds. The van der Waals surface area contributed by atoms with E-state index >= 15 is 0 Å². The van der Waals surface area contributed by atoms with Crippen molar-refractivity contribution in [2.75, 3.05) is 6.61 Å². The van der Waals surface area contributed by atoms with Crippen LogP contribution in [0.2, 0.25) is 0 Å². The summed E-state index contributed by atoms with van der Waals surface area (Å²) in [5.41, 5.74) is 0.696. The number of nitrogens with zero attached hydrogens (tertiary/aromatic N) is 2. The Kier molecular flexibility index (Phi) is 4.29. The number of ether oxygens (including phenoxy) is 1. The highest BCUT2D eigenvalue weighted by Crippen LogP contribution is 2.39. The van der Waals surface area contributed by atoms with Gasteiger partial charge in [0.1, 0.15) is 5.69 Å². The Morgan fingerprint density at radius 1 is 1.48 bits per heavy atom. The molecule has 5 nitrogen and oxygen atoms in total. The zero-order chi connectivity index (χ0) is 14.7. The summed E-state index contributed by atoms with van der Waals surface area (Å²) in [6, 6.07) is 1.93. The van der Waals surface area contributed by atoms with Crippen molar-refractivity contribution in [1.82, 2.24) is 15.1 Å². The summed E-state index contributed by atoms with van der Waals surface area (Å²) >= 11 is 0. The lowest BCUT2D eigenvalue weighted by atomic mass is 9.82. The lowest BCUT2D eigenvalue weighted by molar-refractivity contribution is -0.0246. The molecule has 1 atom stereocenters. The van der Waals surface area contributed by atoms with Gasteiger partial charge in [0.05, 0.1) is 18.2 Å². The third-order valence-electron chi connectivity index (χ3n) is 4.69. The van der Waals surface area contributed by atoms with E-state index in [4.69, 9.17) is 4.74 Å². The van der Waals surface area contributed by atoms with Crippen molar-refractivity contribution in [3.05, 3.63) is 18.0 Å². The van der Waals surface area contributed by atoms with Crippen LogP contribution >= 0.6 is 0 Å². The van der Waals surface area contributed by atoms with Gasteiger partial charge in [0.15, 0.2) is 0 Å². The molecule has 116 valence electrons. The second-order valence-corrected chi connectivity index (χ2v) is 6.37. The van der Waals surface area contributed by atoms with Crippen LogP contribution in [0.1, 0.15) is 62.4 Å². The number of hydrogen-bond acceptors (Lipinski definition) is 3. The molecule has 1 aliphatic heterocycles. The molecule has 2 fully saturated rings. The van der Waals surface area contributed by atoms with E-state index in [-0.39, 0.29) is 17.6 Å². The van der Waals surface area contributed by atoms with Crippen LogP contribution in [-0.4, -0.2) is 33.9 Å². The molecular weight excluding hydrogens is 266 g/mol. The maximum absolute atomic E-state index is 12.4. The minimum absolute atomic E-state index is 0.0255. The van der Waals surface area contributed by atoms with E-state index in [1.54, 1.807) is 16.9 Å². The topological polar surface area (TPSA) is 56.2 Å². The van der Waals surface area contributed by atoms with Crippen LogP contribution < -0.4 is 5.32 Å². The molecule has 1 N–H and O–H groups in total. The number of aromatic nitrogens is 2. The van der Waals surface area contributed by atoms with Gasteiger partial charge in [-0.15, -0.1) is 0 Å². The van der Waals surface area contributed by atoms with Crippen molar-refractivity contribution in [3.63, 3.8) is 0 Å². The fraction of sp³-hybridized carbons (Fsp3) is 0.750. The molecule has 1 saturated carbocycles. The Morgan fingerprint density at radius 3 is 3.05 bits per heavy atom. The first-order valence-corrected chi connectivity index (χ1v) is 8.19. The van der Waals surface area contributed by atoms with Crippen molar-refractivity contribution >= 4 is 5.91 Å². The SMILES string of the molecule is CCCn1nccc1C(=O)NC1COC2(CCCCC2)C1. The van der Waals surface area contributed by atoms with Gasteiger partial charge in [-0.3, -0.25) is 9.48 Å². The Morgan fingerprint density at radius 2 is 2.29 bits per heavy atom. The highest BCUT2D eigenvalue weighted by Gasteiger charge is 2.41. The molecule has 3 rings (SSSR count). The van der Waals surface area contributed by atoms with Crippen LogP contribution in [0, 0.1) is 0 Å². The maximum atomic E-state index is 12.4. The van der Waals surface area contributed by atoms with Crippen LogP contribution in [0.25, 0.3) is 0 Å². The number of carbonyl (C=O) groups excluding carboxylic acids is 1. The molecule has 1 spiro atoms. The fourth-order valence-corrected chi connectivity index (χ4v) is 3.66. The molecule has 1 saturated heterocycles. The Bertz CT molecular complexity index is 491. The average Bonchev–Trinajstić information content (AvgIpc) is 3.08. The monoisotopic (exact) mass is 291 g/mol. The van der Waals surface area contributed by atoms with Crippen molar-refractivity contribution in [2.24, 2.45) is 0 Å². The van der Waals surface area contributed by atoms with Gasteiger partial charge in [0.25, 0.3) is 5.91 Å². The van der Waals surface area contributed by atoms with Gasteiger partial charge in [0, 0.05) is 12.7 Å². The zero-order valence-electron chi connectivity index (χ0n) is 12.8. The lowest BCUT2D eigenvalue weighted by Crippen LogP contribution is -2.38. The molecule has 5 heteroatoms. The van der Waals surface area contributed by atoms with E-state index in [1.165, 1.54) is 19.3 Å². The van der Waals surface area contributed by atoms with Crippen molar-refractivity contribution in [3.8, 4) is 0 Å². The molecule has 1 aliphatic carbocycles. The van der Waals surface area contributed by atoms with Crippen LogP contribution in [0.15, 0.2) is 12.3 Å². The van der Waals surface area contributed by atoms with E-state index in [0.29, 0.717) is 12.3 Å². The third-order valence-corrected chi connectivity index (χ3v) is 4.69. The number of hydrogen-bond donors (Lipinski definition) is 1. The van der Waals surface area contributed by atoms with Gasteiger partial charge in [-0.05, 0) is 31.7 Å². The molecule has 21 heavy (non-hydrogen) atoms. The molecule has 2 aliphatic rings. The molecule has 0 bridgehead atoms. The van der Waals surface area contributed by atoms with Gasteiger partial charge >= 0.3 is 0 Å². The molecule has 1 aromatic heterocycles. The van der Waals surface area contributed by atoms with Crippen molar-refractivity contribution in [1.29, 1.82) is 0 Å². The number of rotatable bonds is 4. The Labute approximate surface area is 126 Å². The predicted octanol–water partition coefficient (Wildman–Crippen LogP) is 2.51. The van der Waals surface area contributed by atoms with Gasteiger partial charge in [-0.2, -0.15) is 5.10 Å². The minimum Gasteiger partial charge on any atom is -0.373 e. The third kappa shape index (κ3) is 3.12. The normalized spacial score (nSPS) is 24.3. The Balaban J connectivity index is 1.59. The fourth-order valence-electron chi connectivity index (χ4n) is 3.66. The maximum Gasteiger partial charge on any atom is 0.269 e. The smallest absolute Gasteiger partial charge is 0.269 e. The first kappa shape index (κ1) is 14.6. The van der Waals surface area contributed by atoms with Crippen molar-refractivity contribution in [2.45, 2.75) is 70.1 Å². The van der Waals surface area contributed by atoms with Gasteiger partial charge in [-0.1, -0.05) is 26.2 Å². The quantitative estimate of drug-likeness (QED) is 0.927. The number of carbonyl (C=O) groups is 1. The van der Waals surface area contributed by atoms with E-state index in [9.17, 15) is 4.79 Å².